The standard InChI is InChI=1S/C6H9ClN6O/c7-6-3(2-5(14)11-9)1-4(10-8)12-13-6/h1H,2,8-9H2,(H,10,12)(H,11,14). The highest BCUT2D eigenvalue weighted by Crippen LogP contribution is 2.14. The summed E-state index contributed by atoms with van der Waals surface area (Å²) in [5.41, 5.74) is 4.77. The van der Waals surface area contributed by atoms with Crippen molar-refractivity contribution in [2.24, 2.45) is 11.7 Å². The first-order chi connectivity index (χ1) is 6.67. The Morgan fingerprint density at radius 2 is 2.21 bits per heavy atom. The van der Waals surface area contributed by atoms with Gasteiger partial charge in [-0.3, -0.25) is 10.2 Å². The fourth-order valence-electron chi connectivity index (χ4n) is 0.834. The summed E-state index contributed by atoms with van der Waals surface area (Å²) >= 11 is 5.69. The number of rotatable bonds is 3. The Bertz CT molecular complexity index is 343. The molecule has 0 spiro atoms. The van der Waals surface area contributed by atoms with E-state index in [0.29, 0.717) is 11.4 Å². The fourth-order valence-corrected chi connectivity index (χ4v) is 0.993. The van der Waals surface area contributed by atoms with E-state index in [4.69, 9.17) is 23.3 Å². The molecule has 1 heterocycles. The lowest BCUT2D eigenvalue weighted by molar-refractivity contribution is -0.120. The number of nitrogens with two attached hydrogens (primary N) is 2. The van der Waals surface area contributed by atoms with Gasteiger partial charge >= 0.3 is 0 Å². The van der Waals surface area contributed by atoms with E-state index in [9.17, 15) is 4.79 Å². The van der Waals surface area contributed by atoms with Crippen LogP contribution >= 0.6 is 11.6 Å². The molecule has 1 amide bonds. The maximum Gasteiger partial charge on any atom is 0.238 e. The van der Waals surface area contributed by atoms with Crippen LogP contribution in [0.15, 0.2) is 6.07 Å². The number of carbonyl (C=O) groups is 1. The van der Waals surface area contributed by atoms with Gasteiger partial charge in [-0.05, 0) is 6.07 Å². The van der Waals surface area contributed by atoms with Crippen molar-refractivity contribution < 1.29 is 4.79 Å². The lowest BCUT2D eigenvalue weighted by Crippen LogP contribution is -2.31. The van der Waals surface area contributed by atoms with Crippen LogP contribution in [0.5, 0.6) is 0 Å². The Kier molecular flexibility index (Phi) is 3.57. The Morgan fingerprint density at radius 3 is 2.79 bits per heavy atom. The zero-order valence-corrected chi connectivity index (χ0v) is 7.88. The first-order valence-corrected chi connectivity index (χ1v) is 4.03. The van der Waals surface area contributed by atoms with E-state index in [1.165, 1.54) is 6.07 Å². The molecule has 0 saturated heterocycles. The molecule has 0 radical (unpaired) electrons. The number of halogens is 1. The maximum atomic E-state index is 10.9. The van der Waals surface area contributed by atoms with E-state index in [2.05, 4.69) is 15.6 Å². The van der Waals surface area contributed by atoms with Crippen molar-refractivity contribution >= 4 is 23.3 Å². The Labute approximate surface area is 84.8 Å². The molecule has 0 aliphatic heterocycles. The first-order valence-electron chi connectivity index (χ1n) is 3.65. The number of hydrogen-bond acceptors (Lipinski definition) is 6. The number of hydrogen-bond donors (Lipinski definition) is 4. The third kappa shape index (κ3) is 2.52. The molecule has 0 bridgehead atoms. The van der Waals surface area contributed by atoms with Crippen LogP contribution in [0.25, 0.3) is 0 Å². The number of aromatic nitrogens is 2. The van der Waals surface area contributed by atoms with Crippen molar-refractivity contribution in [2.45, 2.75) is 6.42 Å². The van der Waals surface area contributed by atoms with Crippen LogP contribution in [0, 0.1) is 0 Å². The van der Waals surface area contributed by atoms with Gasteiger partial charge in [0.25, 0.3) is 0 Å². The van der Waals surface area contributed by atoms with E-state index < -0.39 is 0 Å². The number of amides is 1. The molecule has 76 valence electrons. The van der Waals surface area contributed by atoms with E-state index >= 15 is 0 Å². The normalized spacial score (nSPS) is 9.64. The van der Waals surface area contributed by atoms with Crippen LogP contribution in [-0.4, -0.2) is 16.1 Å². The molecule has 0 unspecified atom stereocenters. The van der Waals surface area contributed by atoms with Crippen LogP contribution in [0.3, 0.4) is 0 Å². The van der Waals surface area contributed by atoms with Crippen molar-refractivity contribution in [2.75, 3.05) is 5.43 Å². The molecule has 0 aliphatic carbocycles. The number of nitrogens with one attached hydrogen (secondary N) is 2. The summed E-state index contributed by atoms with van der Waals surface area (Å²) in [6.45, 7) is 0. The van der Waals surface area contributed by atoms with E-state index in [0.717, 1.165) is 0 Å². The molecule has 0 aromatic carbocycles. The molecule has 1 aromatic heterocycles. The number of nitrogen functional groups attached to an aromatic ring is 1. The van der Waals surface area contributed by atoms with Gasteiger partial charge in [-0.1, -0.05) is 11.6 Å². The third-order valence-corrected chi connectivity index (χ3v) is 1.80. The van der Waals surface area contributed by atoms with Gasteiger partial charge in [0.1, 0.15) is 0 Å². The highest BCUT2D eigenvalue weighted by Gasteiger charge is 2.08. The topological polar surface area (TPSA) is 119 Å². The molecular formula is C6H9ClN6O. The van der Waals surface area contributed by atoms with Crippen molar-refractivity contribution in [1.82, 2.24) is 15.6 Å². The van der Waals surface area contributed by atoms with Crippen molar-refractivity contribution in [3.63, 3.8) is 0 Å². The van der Waals surface area contributed by atoms with Gasteiger partial charge in [0.2, 0.25) is 5.91 Å². The third-order valence-electron chi connectivity index (χ3n) is 1.48. The summed E-state index contributed by atoms with van der Waals surface area (Å²) in [4.78, 5) is 10.9. The Hall–Kier alpha value is -1.44. The summed E-state index contributed by atoms with van der Waals surface area (Å²) in [5, 5.41) is 7.34. The van der Waals surface area contributed by atoms with Crippen LogP contribution in [0.2, 0.25) is 5.15 Å². The second kappa shape index (κ2) is 4.70. The molecule has 0 fully saturated rings. The van der Waals surface area contributed by atoms with Gasteiger partial charge in [0.05, 0.1) is 6.42 Å². The average Bonchev–Trinajstić information content (AvgIpc) is 2.21. The van der Waals surface area contributed by atoms with Gasteiger partial charge in [0.15, 0.2) is 11.0 Å². The molecule has 14 heavy (non-hydrogen) atoms. The van der Waals surface area contributed by atoms with Gasteiger partial charge in [-0.15, -0.1) is 10.2 Å². The molecule has 1 aromatic rings. The number of anilines is 1. The number of hydrazine groups is 2. The zero-order valence-electron chi connectivity index (χ0n) is 7.12. The van der Waals surface area contributed by atoms with E-state index in [1.807, 2.05) is 5.43 Å². The first kappa shape index (κ1) is 10.6. The molecule has 7 nitrogen and oxygen atoms in total. The lowest BCUT2D eigenvalue weighted by Gasteiger charge is -2.03. The van der Waals surface area contributed by atoms with Crippen LogP contribution < -0.4 is 22.5 Å². The summed E-state index contributed by atoms with van der Waals surface area (Å²) in [6.07, 6.45) is 0.0273. The van der Waals surface area contributed by atoms with Gasteiger partial charge < -0.3 is 5.43 Å². The van der Waals surface area contributed by atoms with Crippen LogP contribution in [0.4, 0.5) is 5.82 Å². The Morgan fingerprint density at radius 1 is 1.50 bits per heavy atom. The molecular weight excluding hydrogens is 208 g/mol. The van der Waals surface area contributed by atoms with Gasteiger partial charge in [-0.2, -0.15) is 0 Å². The summed E-state index contributed by atoms with van der Waals surface area (Å²) in [6, 6.07) is 1.52. The average molecular weight is 217 g/mol. The lowest BCUT2D eigenvalue weighted by atomic mass is 10.2. The highest BCUT2D eigenvalue weighted by atomic mass is 35.5. The fraction of sp³-hybridized carbons (Fsp3) is 0.167. The molecule has 6 N–H and O–H groups in total. The van der Waals surface area contributed by atoms with E-state index in [-0.39, 0.29) is 17.5 Å². The molecule has 1 rings (SSSR count). The predicted molar refractivity (Wildman–Crippen MR) is 50.9 cm³/mol. The predicted octanol–water partition coefficient (Wildman–Crippen LogP) is -1.05. The van der Waals surface area contributed by atoms with Crippen molar-refractivity contribution in [3.8, 4) is 0 Å². The van der Waals surface area contributed by atoms with Crippen LogP contribution in [0.1, 0.15) is 5.56 Å². The minimum Gasteiger partial charge on any atom is -0.307 e. The Balaban J connectivity index is 2.89. The number of nitrogens with zero attached hydrogens (tertiary/aromatic N) is 2. The van der Waals surface area contributed by atoms with E-state index in [1.54, 1.807) is 0 Å². The molecule has 0 aliphatic rings. The van der Waals surface area contributed by atoms with Crippen LogP contribution in [-0.2, 0) is 11.2 Å². The monoisotopic (exact) mass is 216 g/mol. The molecule has 8 heteroatoms. The summed E-state index contributed by atoms with van der Waals surface area (Å²) in [7, 11) is 0. The quantitative estimate of drug-likeness (QED) is 0.291. The number of carbonyl (C=O) groups excluding carboxylic acids is 1. The minimum absolute atomic E-state index is 0.0273. The van der Waals surface area contributed by atoms with Gasteiger partial charge in [0, 0.05) is 5.56 Å². The highest BCUT2D eigenvalue weighted by molar-refractivity contribution is 6.30. The second-order valence-corrected chi connectivity index (χ2v) is 2.79. The second-order valence-electron chi connectivity index (χ2n) is 2.43. The summed E-state index contributed by atoms with van der Waals surface area (Å²) in [5.74, 6) is 9.99. The van der Waals surface area contributed by atoms with Crippen molar-refractivity contribution in [3.05, 3.63) is 16.8 Å². The molecule has 0 saturated carbocycles. The summed E-state index contributed by atoms with van der Waals surface area (Å²) < 4.78 is 0. The minimum atomic E-state index is -0.372. The molecule has 0 atom stereocenters. The maximum absolute atomic E-state index is 10.9. The zero-order chi connectivity index (χ0) is 10.6. The van der Waals surface area contributed by atoms with Crippen molar-refractivity contribution in [1.29, 1.82) is 0 Å². The smallest absolute Gasteiger partial charge is 0.238 e. The van der Waals surface area contributed by atoms with Gasteiger partial charge in [-0.25, -0.2) is 11.7 Å². The largest absolute Gasteiger partial charge is 0.307 e. The SMILES string of the molecule is NNC(=O)Cc1cc(NN)nnc1Cl.